The molecule has 2 aromatic heterocycles. The third kappa shape index (κ3) is 5.41. The molecular formula is C14H20N5O4S+. The van der Waals surface area contributed by atoms with Gasteiger partial charge in [0, 0.05) is 14.2 Å². The maximum Gasteiger partial charge on any atom is 0.321 e. The van der Waals surface area contributed by atoms with Crippen LogP contribution >= 0.6 is 11.3 Å². The molecule has 10 heteroatoms. The van der Waals surface area contributed by atoms with Crippen molar-refractivity contribution in [2.24, 2.45) is 0 Å². The van der Waals surface area contributed by atoms with E-state index in [1.807, 2.05) is 17.5 Å². The highest BCUT2D eigenvalue weighted by atomic mass is 32.1. The van der Waals surface area contributed by atoms with Crippen molar-refractivity contribution in [3.8, 4) is 10.8 Å². The van der Waals surface area contributed by atoms with E-state index >= 15 is 0 Å². The Hall–Kier alpha value is -2.30. The number of rotatable bonds is 8. The topological polar surface area (TPSA) is 111 Å². The molecule has 0 fully saturated rings. The monoisotopic (exact) mass is 354 g/mol. The van der Waals surface area contributed by atoms with Gasteiger partial charge in [-0.2, -0.15) is 0 Å². The van der Waals surface area contributed by atoms with Crippen LogP contribution in [0.2, 0.25) is 0 Å². The van der Waals surface area contributed by atoms with Crippen LogP contribution in [0.15, 0.2) is 21.9 Å². The lowest BCUT2D eigenvalue weighted by Gasteiger charge is -2.16. The van der Waals surface area contributed by atoms with Crippen LogP contribution in [0.5, 0.6) is 0 Å². The van der Waals surface area contributed by atoms with Crippen LogP contribution in [-0.4, -0.2) is 56.0 Å². The Labute approximate surface area is 143 Å². The number of quaternary nitrogens is 1. The van der Waals surface area contributed by atoms with Gasteiger partial charge in [0.05, 0.1) is 11.5 Å². The van der Waals surface area contributed by atoms with Gasteiger partial charge in [-0.15, -0.1) is 21.5 Å². The Kier molecular flexibility index (Phi) is 6.85. The number of urea groups is 1. The SMILES string of the molecule is CNC(=O)NC(=O)C[NH+](CCOC)Cc1nnc(-c2cccs2)o1. The molecule has 2 heterocycles. The van der Waals surface area contributed by atoms with Crippen LogP contribution in [0.4, 0.5) is 4.79 Å². The van der Waals surface area contributed by atoms with Crippen molar-refractivity contribution in [1.82, 2.24) is 20.8 Å². The normalized spacial score (nSPS) is 11.9. The molecule has 1 atom stereocenters. The lowest BCUT2D eigenvalue weighted by Crippen LogP contribution is -3.12. The van der Waals surface area contributed by atoms with Crippen molar-refractivity contribution in [2.75, 3.05) is 33.9 Å². The predicted molar refractivity (Wildman–Crippen MR) is 86.5 cm³/mol. The van der Waals surface area contributed by atoms with Gasteiger partial charge in [-0.3, -0.25) is 10.1 Å². The number of methoxy groups -OCH3 is 1. The number of nitrogens with one attached hydrogen (secondary N) is 3. The minimum Gasteiger partial charge on any atom is -0.414 e. The molecule has 0 aliphatic carbocycles. The maximum atomic E-state index is 11.9. The molecule has 9 nitrogen and oxygen atoms in total. The highest BCUT2D eigenvalue weighted by molar-refractivity contribution is 7.13. The van der Waals surface area contributed by atoms with E-state index in [9.17, 15) is 9.59 Å². The van der Waals surface area contributed by atoms with E-state index in [1.165, 1.54) is 18.4 Å². The molecule has 0 aliphatic rings. The second-order valence-electron chi connectivity index (χ2n) is 4.95. The van der Waals surface area contributed by atoms with E-state index in [4.69, 9.17) is 9.15 Å². The number of amides is 3. The average Bonchev–Trinajstić information content (AvgIpc) is 3.23. The van der Waals surface area contributed by atoms with Crippen LogP contribution in [-0.2, 0) is 16.1 Å². The number of ether oxygens (including phenoxy) is 1. The fourth-order valence-corrected chi connectivity index (χ4v) is 2.63. The summed E-state index contributed by atoms with van der Waals surface area (Å²) in [7, 11) is 3.03. The van der Waals surface area contributed by atoms with Gasteiger partial charge in [0.15, 0.2) is 13.1 Å². The van der Waals surface area contributed by atoms with Crippen LogP contribution in [0.3, 0.4) is 0 Å². The van der Waals surface area contributed by atoms with Gasteiger partial charge in [-0.25, -0.2) is 4.79 Å². The van der Waals surface area contributed by atoms with Gasteiger partial charge in [0.25, 0.3) is 17.7 Å². The van der Waals surface area contributed by atoms with Crippen LogP contribution < -0.4 is 15.5 Å². The van der Waals surface area contributed by atoms with Gasteiger partial charge in [-0.1, -0.05) is 6.07 Å². The Morgan fingerprint density at radius 3 is 2.92 bits per heavy atom. The van der Waals surface area contributed by atoms with Crippen molar-refractivity contribution < 1.29 is 23.6 Å². The molecule has 0 spiro atoms. The first-order chi connectivity index (χ1) is 11.6. The van der Waals surface area contributed by atoms with Crippen LogP contribution in [0.25, 0.3) is 10.8 Å². The summed E-state index contributed by atoms with van der Waals surface area (Å²) in [6.45, 7) is 1.49. The molecule has 130 valence electrons. The molecule has 3 N–H and O–H groups in total. The Bertz CT molecular complexity index is 658. The van der Waals surface area contributed by atoms with Gasteiger partial charge in [-0.05, 0) is 11.4 Å². The number of hydrogen-bond acceptors (Lipinski definition) is 7. The number of carbonyl (C=O) groups excluding carboxylic acids is 2. The second-order valence-corrected chi connectivity index (χ2v) is 5.90. The number of aromatic nitrogens is 2. The van der Waals surface area contributed by atoms with Crippen molar-refractivity contribution in [3.63, 3.8) is 0 Å². The van der Waals surface area contributed by atoms with Gasteiger partial charge in [0.2, 0.25) is 0 Å². The molecule has 0 bridgehead atoms. The quantitative estimate of drug-likeness (QED) is 0.577. The molecule has 1 unspecified atom stereocenters. The average molecular weight is 354 g/mol. The minimum absolute atomic E-state index is 0.0908. The van der Waals surface area contributed by atoms with E-state index < -0.39 is 11.9 Å². The van der Waals surface area contributed by atoms with Crippen molar-refractivity contribution in [3.05, 3.63) is 23.4 Å². The maximum absolute atomic E-state index is 11.9. The number of imide groups is 1. The van der Waals surface area contributed by atoms with E-state index in [2.05, 4.69) is 20.8 Å². The first kappa shape index (κ1) is 18.0. The molecule has 0 saturated carbocycles. The van der Waals surface area contributed by atoms with Crippen LogP contribution in [0.1, 0.15) is 5.89 Å². The van der Waals surface area contributed by atoms with E-state index in [-0.39, 0.29) is 6.54 Å². The number of carbonyl (C=O) groups is 2. The largest absolute Gasteiger partial charge is 0.414 e. The van der Waals surface area contributed by atoms with Crippen molar-refractivity contribution in [2.45, 2.75) is 6.54 Å². The molecule has 24 heavy (non-hydrogen) atoms. The summed E-state index contributed by atoms with van der Waals surface area (Å²) in [6.07, 6.45) is 0. The molecule has 0 aromatic carbocycles. The molecule has 0 saturated heterocycles. The Morgan fingerprint density at radius 1 is 1.42 bits per heavy atom. The fraction of sp³-hybridized carbons (Fsp3) is 0.429. The highest BCUT2D eigenvalue weighted by Crippen LogP contribution is 2.22. The Balaban J connectivity index is 1.97. The lowest BCUT2D eigenvalue weighted by molar-refractivity contribution is -0.907. The first-order valence-electron chi connectivity index (χ1n) is 7.32. The minimum atomic E-state index is -0.538. The smallest absolute Gasteiger partial charge is 0.321 e. The third-order valence-corrected chi connectivity index (χ3v) is 4.01. The fourth-order valence-electron chi connectivity index (χ4n) is 1.98. The standard InChI is InChI=1S/C14H19N5O4S/c1-15-14(21)16-11(20)8-19(5-6-22-2)9-12-17-18-13(23-12)10-4-3-7-24-10/h3-4,7H,5-6,8-9H2,1-2H3,(H2,15,16,20,21)/p+1. The molecule has 0 aliphatic heterocycles. The lowest BCUT2D eigenvalue weighted by atomic mass is 10.4. The van der Waals surface area contributed by atoms with Gasteiger partial charge < -0.3 is 19.4 Å². The third-order valence-electron chi connectivity index (χ3n) is 3.15. The summed E-state index contributed by atoms with van der Waals surface area (Å²) in [5.41, 5.74) is 0. The van der Waals surface area contributed by atoms with Crippen LogP contribution in [0, 0.1) is 0 Å². The summed E-state index contributed by atoms with van der Waals surface area (Å²) in [6, 6.07) is 3.26. The summed E-state index contributed by atoms with van der Waals surface area (Å²) < 4.78 is 10.7. The zero-order valence-corrected chi connectivity index (χ0v) is 14.3. The number of hydrogen-bond donors (Lipinski definition) is 3. The molecule has 2 aromatic rings. The summed E-state index contributed by atoms with van der Waals surface area (Å²) in [5.74, 6) is 0.497. The van der Waals surface area contributed by atoms with E-state index in [1.54, 1.807) is 7.11 Å². The van der Waals surface area contributed by atoms with E-state index in [0.29, 0.717) is 31.5 Å². The predicted octanol–water partition coefficient (Wildman–Crippen LogP) is -0.715. The molecule has 3 amide bonds. The van der Waals surface area contributed by atoms with E-state index in [0.717, 1.165) is 9.78 Å². The second kappa shape index (κ2) is 9.11. The first-order valence-corrected chi connectivity index (χ1v) is 8.20. The zero-order valence-electron chi connectivity index (χ0n) is 13.5. The number of nitrogens with zero attached hydrogens (tertiary/aromatic N) is 2. The van der Waals surface area contributed by atoms with Crippen molar-refractivity contribution in [1.29, 1.82) is 0 Å². The summed E-state index contributed by atoms with van der Waals surface area (Å²) >= 11 is 1.51. The summed E-state index contributed by atoms with van der Waals surface area (Å²) in [4.78, 5) is 24.8. The molecule has 0 radical (unpaired) electrons. The highest BCUT2D eigenvalue weighted by Gasteiger charge is 2.20. The number of thiophene rings is 1. The Morgan fingerprint density at radius 2 is 2.25 bits per heavy atom. The summed E-state index contributed by atoms with van der Waals surface area (Å²) in [5, 5.41) is 14.5. The van der Waals surface area contributed by atoms with Crippen molar-refractivity contribution >= 4 is 23.3 Å². The molecular weight excluding hydrogens is 334 g/mol. The van der Waals surface area contributed by atoms with Gasteiger partial charge >= 0.3 is 6.03 Å². The van der Waals surface area contributed by atoms with Gasteiger partial charge in [0.1, 0.15) is 6.54 Å². The molecule has 2 rings (SSSR count). The zero-order chi connectivity index (χ0) is 17.4.